The molecule has 0 radical (unpaired) electrons. The molecular weight excluding hydrogens is 248 g/mol. The third-order valence-corrected chi connectivity index (χ3v) is 4.77. The van der Waals surface area contributed by atoms with Crippen molar-refractivity contribution >= 4 is 0 Å². The van der Waals surface area contributed by atoms with Crippen LogP contribution in [0.15, 0.2) is 30.3 Å². The molecule has 0 aromatic heterocycles. The standard InChI is InChI=1S/C17H28N2O/c1-18(2)17(11-7-12-17)14-19(3)13-10-16(20)15-8-5-4-6-9-15/h4-6,8-9,16,20H,7,10-14H2,1-3H3. The lowest BCUT2D eigenvalue weighted by Gasteiger charge is -2.49. The number of hydrogen-bond acceptors (Lipinski definition) is 3. The summed E-state index contributed by atoms with van der Waals surface area (Å²) in [5.41, 5.74) is 1.39. The Balaban J connectivity index is 1.79. The highest BCUT2D eigenvalue weighted by Gasteiger charge is 2.39. The van der Waals surface area contributed by atoms with Gasteiger partial charge in [0, 0.05) is 18.6 Å². The third kappa shape index (κ3) is 3.60. The van der Waals surface area contributed by atoms with E-state index in [0.29, 0.717) is 5.54 Å². The Kier molecular flexibility index (Phi) is 5.19. The summed E-state index contributed by atoms with van der Waals surface area (Å²) >= 11 is 0. The fourth-order valence-corrected chi connectivity index (χ4v) is 3.10. The van der Waals surface area contributed by atoms with Crippen LogP contribution in [0, 0.1) is 0 Å². The van der Waals surface area contributed by atoms with Crippen LogP contribution in [0.2, 0.25) is 0 Å². The quantitative estimate of drug-likeness (QED) is 0.829. The normalized spacial score (nSPS) is 19.1. The first-order valence-electron chi connectivity index (χ1n) is 7.62. The molecule has 3 nitrogen and oxygen atoms in total. The van der Waals surface area contributed by atoms with Crippen LogP contribution in [-0.4, -0.2) is 54.7 Å². The fourth-order valence-electron chi connectivity index (χ4n) is 3.10. The molecule has 0 aliphatic heterocycles. The summed E-state index contributed by atoms with van der Waals surface area (Å²) in [4.78, 5) is 4.74. The Morgan fingerprint density at radius 3 is 2.30 bits per heavy atom. The van der Waals surface area contributed by atoms with Gasteiger partial charge in [-0.2, -0.15) is 0 Å². The van der Waals surface area contributed by atoms with E-state index in [1.165, 1.54) is 19.3 Å². The van der Waals surface area contributed by atoms with Crippen molar-refractivity contribution in [3.63, 3.8) is 0 Å². The molecule has 3 heteroatoms. The van der Waals surface area contributed by atoms with Crippen LogP contribution in [0.1, 0.15) is 37.4 Å². The second-order valence-corrected chi connectivity index (χ2v) is 6.43. The molecule has 1 aliphatic rings. The van der Waals surface area contributed by atoms with E-state index in [4.69, 9.17) is 0 Å². The van der Waals surface area contributed by atoms with Crippen molar-refractivity contribution in [3.05, 3.63) is 35.9 Å². The van der Waals surface area contributed by atoms with E-state index in [0.717, 1.165) is 25.1 Å². The number of benzene rings is 1. The van der Waals surface area contributed by atoms with E-state index in [1.807, 2.05) is 30.3 Å². The predicted octanol–water partition coefficient (Wildman–Crippen LogP) is 2.53. The molecule has 1 saturated carbocycles. The predicted molar refractivity (Wildman–Crippen MR) is 83.8 cm³/mol. The molecule has 0 bridgehead atoms. The summed E-state index contributed by atoms with van der Waals surface area (Å²) in [6, 6.07) is 9.95. The van der Waals surface area contributed by atoms with Gasteiger partial charge in [-0.05, 0) is 52.4 Å². The van der Waals surface area contributed by atoms with E-state index in [-0.39, 0.29) is 6.10 Å². The smallest absolute Gasteiger partial charge is 0.0802 e. The number of likely N-dealkylation sites (N-methyl/N-ethyl adjacent to an activating group) is 2. The molecule has 1 unspecified atom stereocenters. The van der Waals surface area contributed by atoms with Crippen LogP contribution in [0.4, 0.5) is 0 Å². The molecule has 1 aromatic carbocycles. The molecule has 0 amide bonds. The molecular formula is C17H28N2O. The van der Waals surface area contributed by atoms with Crippen molar-refractivity contribution in [2.75, 3.05) is 34.2 Å². The second kappa shape index (κ2) is 6.70. The monoisotopic (exact) mass is 276 g/mol. The molecule has 1 aromatic rings. The van der Waals surface area contributed by atoms with Gasteiger partial charge >= 0.3 is 0 Å². The summed E-state index contributed by atoms with van der Waals surface area (Å²) < 4.78 is 0. The summed E-state index contributed by atoms with van der Waals surface area (Å²) in [6.45, 7) is 2.03. The molecule has 2 rings (SSSR count). The molecule has 112 valence electrons. The van der Waals surface area contributed by atoms with Crippen LogP contribution in [0.25, 0.3) is 0 Å². The minimum Gasteiger partial charge on any atom is -0.388 e. The Hall–Kier alpha value is -0.900. The lowest BCUT2D eigenvalue weighted by molar-refractivity contribution is 0.0239. The molecule has 1 aliphatic carbocycles. The highest BCUT2D eigenvalue weighted by molar-refractivity contribution is 5.17. The topological polar surface area (TPSA) is 26.7 Å². The van der Waals surface area contributed by atoms with Crippen LogP contribution < -0.4 is 0 Å². The average Bonchev–Trinajstić information content (AvgIpc) is 2.40. The van der Waals surface area contributed by atoms with Crippen molar-refractivity contribution in [3.8, 4) is 0 Å². The first-order chi connectivity index (χ1) is 9.53. The average molecular weight is 276 g/mol. The van der Waals surface area contributed by atoms with E-state index < -0.39 is 0 Å². The lowest BCUT2D eigenvalue weighted by atomic mass is 9.75. The van der Waals surface area contributed by atoms with Gasteiger partial charge in [-0.1, -0.05) is 30.3 Å². The largest absolute Gasteiger partial charge is 0.388 e. The van der Waals surface area contributed by atoms with Gasteiger partial charge in [-0.25, -0.2) is 0 Å². The van der Waals surface area contributed by atoms with Crippen molar-refractivity contribution in [1.82, 2.24) is 9.80 Å². The summed E-state index contributed by atoms with van der Waals surface area (Å²) in [5.74, 6) is 0. The molecule has 1 atom stereocenters. The maximum Gasteiger partial charge on any atom is 0.0802 e. The van der Waals surface area contributed by atoms with Crippen LogP contribution in [-0.2, 0) is 0 Å². The number of hydrogen-bond donors (Lipinski definition) is 1. The Bertz CT molecular complexity index is 401. The second-order valence-electron chi connectivity index (χ2n) is 6.43. The van der Waals surface area contributed by atoms with Gasteiger partial charge in [-0.15, -0.1) is 0 Å². The van der Waals surface area contributed by atoms with Crippen molar-refractivity contribution < 1.29 is 5.11 Å². The maximum absolute atomic E-state index is 10.2. The fraction of sp³-hybridized carbons (Fsp3) is 0.647. The van der Waals surface area contributed by atoms with Crippen molar-refractivity contribution in [2.45, 2.75) is 37.3 Å². The Labute approximate surface area is 123 Å². The minimum absolute atomic E-state index is 0.352. The highest BCUT2D eigenvalue weighted by atomic mass is 16.3. The zero-order valence-corrected chi connectivity index (χ0v) is 13.0. The third-order valence-electron chi connectivity index (χ3n) is 4.77. The number of nitrogens with zero attached hydrogens (tertiary/aromatic N) is 2. The Morgan fingerprint density at radius 1 is 1.15 bits per heavy atom. The van der Waals surface area contributed by atoms with Crippen LogP contribution in [0.5, 0.6) is 0 Å². The molecule has 0 saturated heterocycles. The summed E-state index contributed by atoms with van der Waals surface area (Å²) in [6.07, 6.45) is 4.38. The van der Waals surface area contributed by atoms with Gasteiger partial charge in [0.05, 0.1) is 6.10 Å². The Morgan fingerprint density at radius 2 is 1.80 bits per heavy atom. The van der Waals surface area contributed by atoms with E-state index in [9.17, 15) is 5.11 Å². The number of aliphatic hydroxyl groups is 1. The molecule has 0 spiro atoms. The van der Waals surface area contributed by atoms with Crippen LogP contribution >= 0.6 is 0 Å². The lowest BCUT2D eigenvalue weighted by Crippen LogP contribution is -2.56. The minimum atomic E-state index is -0.352. The van der Waals surface area contributed by atoms with Crippen molar-refractivity contribution in [1.29, 1.82) is 0 Å². The molecule has 1 N–H and O–H groups in total. The highest BCUT2D eigenvalue weighted by Crippen LogP contribution is 2.36. The van der Waals surface area contributed by atoms with E-state index in [2.05, 4.69) is 30.9 Å². The van der Waals surface area contributed by atoms with E-state index >= 15 is 0 Å². The first kappa shape index (κ1) is 15.5. The summed E-state index contributed by atoms with van der Waals surface area (Å²) in [5, 5.41) is 10.2. The SMILES string of the molecule is CN(CCC(O)c1ccccc1)CC1(N(C)C)CCC1. The van der Waals surface area contributed by atoms with Crippen LogP contribution in [0.3, 0.4) is 0 Å². The summed E-state index contributed by atoms with van der Waals surface area (Å²) in [7, 11) is 6.54. The number of aliphatic hydroxyl groups excluding tert-OH is 1. The van der Waals surface area contributed by atoms with Gasteiger partial charge in [0.15, 0.2) is 0 Å². The molecule has 20 heavy (non-hydrogen) atoms. The zero-order valence-electron chi connectivity index (χ0n) is 13.0. The van der Waals surface area contributed by atoms with Crippen molar-refractivity contribution in [2.24, 2.45) is 0 Å². The zero-order chi connectivity index (χ0) is 14.6. The molecule has 0 heterocycles. The van der Waals surface area contributed by atoms with Gasteiger partial charge < -0.3 is 14.9 Å². The van der Waals surface area contributed by atoms with Gasteiger partial charge in [-0.3, -0.25) is 0 Å². The first-order valence-corrected chi connectivity index (χ1v) is 7.62. The van der Waals surface area contributed by atoms with Gasteiger partial charge in [0.1, 0.15) is 0 Å². The molecule has 1 fully saturated rings. The van der Waals surface area contributed by atoms with Gasteiger partial charge in [0.25, 0.3) is 0 Å². The maximum atomic E-state index is 10.2. The van der Waals surface area contributed by atoms with Gasteiger partial charge in [0.2, 0.25) is 0 Å². The number of rotatable bonds is 7. The van der Waals surface area contributed by atoms with E-state index in [1.54, 1.807) is 0 Å².